The van der Waals surface area contributed by atoms with E-state index in [0.717, 1.165) is 17.1 Å². The van der Waals surface area contributed by atoms with Gasteiger partial charge in [-0.1, -0.05) is 37.3 Å². The van der Waals surface area contributed by atoms with E-state index in [2.05, 4.69) is 19.1 Å². The lowest BCUT2D eigenvalue weighted by atomic mass is 9.99. The summed E-state index contributed by atoms with van der Waals surface area (Å²) in [5.41, 5.74) is 2.80. The lowest BCUT2D eigenvalue weighted by molar-refractivity contribution is 0.0624. The highest BCUT2D eigenvalue weighted by molar-refractivity contribution is 5.35. The number of hydrogen-bond acceptors (Lipinski definition) is 3. The lowest BCUT2D eigenvalue weighted by Gasteiger charge is -2.15. The van der Waals surface area contributed by atoms with Crippen molar-refractivity contribution >= 4 is 0 Å². The summed E-state index contributed by atoms with van der Waals surface area (Å²) in [4.78, 5) is 0. The third-order valence-corrected chi connectivity index (χ3v) is 4.52. The molecule has 0 aliphatic heterocycles. The fourth-order valence-electron chi connectivity index (χ4n) is 2.57. The van der Waals surface area contributed by atoms with Gasteiger partial charge in [-0.05, 0) is 54.5 Å². The Balaban J connectivity index is 1.45. The predicted octanol–water partition coefficient (Wildman–Crippen LogP) is 3.87. The normalized spacial score (nSPS) is 16.7. The molecule has 1 aliphatic carbocycles. The van der Waals surface area contributed by atoms with Crippen molar-refractivity contribution in [2.75, 3.05) is 13.2 Å². The van der Waals surface area contributed by atoms with E-state index in [9.17, 15) is 5.11 Å². The Morgan fingerprint density at radius 3 is 2.30 bits per heavy atom. The van der Waals surface area contributed by atoms with Crippen molar-refractivity contribution in [1.82, 2.24) is 0 Å². The van der Waals surface area contributed by atoms with E-state index in [0.29, 0.717) is 5.41 Å². The lowest BCUT2D eigenvalue weighted by Crippen LogP contribution is -2.25. The summed E-state index contributed by atoms with van der Waals surface area (Å²) in [6, 6.07) is 16.0. The molecule has 0 spiro atoms. The quantitative estimate of drug-likeness (QED) is 0.843. The summed E-state index contributed by atoms with van der Waals surface area (Å²) in [6.07, 6.45) is 1.87. The van der Waals surface area contributed by atoms with Gasteiger partial charge in [-0.3, -0.25) is 0 Å². The van der Waals surface area contributed by atoms with Crippen LogP contribution in [0.25, 0.3) is 0 Å². The molecule has 0 saturated heterocycles. The molecule has 2 aromatic rings. The minimum atomic E-state index is -0.657. The van der Waals surface area contributed by atoms with Crippen LogP contribution in [0.4, 0.5) is 0 Å². The Kier molecular flexibility index (Phi) is 4.58. The number of para-hydroxylation sites is 1. The minimum Gasteiger partial charge on any atom is -0.491 e. The third kappa shape index (κ3) is 4.05. The molecule has 0 aromatic heterocycles. The van der Waals surface area contributed by atoms with Crippen LogP contribution in [-0.2, 0) is 5.41 Å². The summed E-state index contributed by atoms with van der Waals surface area (Å²) in [7, 11) is 0. The van der Waals surface area contributed by atoms with Gasteiger partial charge in [0.2, 0.25) is 0 Å². The van der Waals surface area contributed by atoms with Crippen LogP contribution >= 0.6 is 0 Å². The van der Waals surface area contributed by atoms with Crippen molar-refractivity contribution in [3.05, 3.63) is 59.7 Å². The van der Waals surface area contributed by atoms with Gasteiger partial charge in [0.15, 0.2) is 0 Å². The number of aryl methyl sites for hydroxylation is 1. The van der Waals surface area contributed by atoms with Gasteiger partial charge in [0.1, 0.15) is 30.8 Å². The Labute approximate surface area is 137 Å². The fourth-order valence-corrected chi connectivity index (χ4v) is 2.57. The maximum Gasteiger partial charge on any atom is 0.122 e. The number of aliphatic hydroxyl groups is 1. The van der Waals surface area contributed by atoms with E-state index in [1.165, 1.54) is 18.4 Å². The molecule has 122 valence electrons. The van der Waals surface area contributed by atoms with E-state index in [-0.39, 0.29) is 13.2 Å². The van der Waals surface area contributed by atoms with Gasteiger partial charge < -0.3 is 14.6 Å². The van der Waals surface area contributed by atoms with Crippen LogP contribution in [0.5, 0.6) is 11.5 Å². The largest absolute Gasteiger partial charge is 0.491 e. The highest BCUT2D eigenvalue weighted by Gasteiger charge is 2.38. The van der Waals surface area contributed by atoms with E-state index < -0.39 is 6.10 Å². The number of aliphatic hydroxyl groups excluding tert-OH is 1. The molecule has 1 atom stereocenters. The molecule has 0 bridgehead atoms. The van der Waals surface area contributed by atoms with Crippen molar-refractivity contribution < 1.29 is 14.6 Å². The molecule has 1 N–H and O–H groups in total. The topological polar surface area (TPSA) is 38.7 Å². The van der Waals surface area contributed by atoms with Gasteiger partial charge >= 0.3 is 0 Å². The van der Waals surface area contributed by atoms with Crippen LogP contribution in [0.15, 0.2) is 48.5 Å². The second-order valence-corrected chi connectivity index (χ2v) is 6.63. The van der Waals surface area contributed by atoms with Gasteiger partial charge in [0.05, 0.1) is 0 Å². The molecule has 0 amide bonds. The maximum absolute atomic E-state index is 10.0. The first-order valence-corrected chi connectivity index (χ1v) is 8.17. The average molecular weight is 312 g/mol. The predicted molar refractivity (Wildman–Crippen MR) is 91.2 cm³/mol. The molecule has 1 aliphatic rings. The monoisotopic (exact) mass is 312 g/mol. The molecular formula is C20H24O3. The summed E-state index contributed by atoms with van der Waals surface area (Å²) in [5, 5.41) is 10.0. The first-order valence-electron chi connectivity index (χ1n) is 8.17. The van der Waals surface area contributed by atoms with Crippen LogP contribution < -0.4 is 9.47 Å². The maximum atomic E-state index is 10.0. The first-order chi connectivity index (χ1) is 11.1. The van der Waals surface area contributed by atoms with E-state index in [4.69, 9.17) is 9.47 Å². The first kappa shape index (κ1) is 15.9. The van der Waals surface area contributed by atoms with Crippen molar-refractivity contribution in [2.45, 2.75) is 38.2 Å². The number of ether oxygens (including phenoxy) is 2. The zero-order valence-electron chi connectivity index (χ0n) is 13.8. The molecule has 0 radical (unpaired) electrons. The Hall–Kier alpha value is -2.00. The molecule has 3 rings (SSSR count). The SMILES string of the molecule is Cc1ccccc1OCC(O)COc1ccc(C2(C)CC2)cc1. The van der Waals surface area contributed by atoms with Gasteiger partial charge in [-0.25, -0.2) is 0 Å². The highest BCUT2D eigenvalue weighted by Crippen LogP contribution is 2.47. The number of rotatable bonds is 7. The molecule has 3 nitrogen and oxygen atoms in total. The molecule has 23 heavy (non-hydrogen) atoms. The summed E-state index contributed by atoms with van der Waals surface area (Å²) >= 11 is 0. The van der Waals surface area contributed by atoms with E-state index in [1.54, 1.807) is 0 Å². The zero-order valence-corrected chi connectivity index (χ0v) is 13.8. The van der Waals surface area contributed by atoms with Crippen LogP contribution in [0.1, 0.15) is 30.9 Å². The van der Waals surface area contributed by atoms with Crippen molar-refractivity contribution in [3.8, 4) is 11.5 Å². The minimum absolute atomic E-state index is 0.223. The summed E-state index contributed by atoms with van der Waals surface area (Å²) < 4.78 is 11.3. The van der Waals surface area contributed by atoms with Crippen LogP contribution in [0.3, 0.4) is 0 Å². The zero-order chi connectivity index (χ0) is 16.3. The van der Waals surface area contributed by atoms with Crippen LogP contribution in [0, 0.1) is 6.92 Å². The fraction of sp³-hybridized carbons (Fsp3) is 0.400. The summed E-state index contributed by atoms with van der Waals surface area (Å²) in [5.74, 6) is 1.58. The van der Waals surface area contributed by atoms with E-state index in [1.807, 2.05) is 43.3 Å². The van der Waals surface area contributed by atoms with Gasteiger partial charge in [0.25, 0.3) is 0 Å². The van der Waals surface area contributed by atoms with Crippen LogP contribution in [-0.4, -0.2) is 24.4 Å². The highest BCUT2D eigenvalue weighted by atomic mass is 16.5. The Morgan fingerprint density at radius 1 is 1.00 bits per heavy atom. The standard InChI is InChI=1S/C20H24O3/c1-15-5-3-4-6-19(15)23-14-17(21)13-22-18-9-7-16(8-10-18)20(2)11-12-20/h3-10,17,21H,11-14H2,1-2H3. The Morgan fingerprint density at radius 2 is 1.65 bits per heavy atom. The number of benzene rings is 2. The second-order valence-electron chi connectivity index (χ2n) is 6.63. The van der Waals surface area contributed by atoms with Crippen molar-refractivity contribution in [1.29, 1.82) is 0 Å². The van der Waals surface area contributed by atoms with Crippen molar-refractivity contribution in [3.63, 3.8) is 0 Å². The van der Waals surface area contributed by atoms with Crippen LogP contribution in [0.2, 0.25) is 0 Å². The van der Waals surface area contributed by atoms with Gasteiger partial charge in [0, 0.05) is 0 Å². The van der Waals surface area contributed by atoms with Gasteiger partial charge in [-0.2, -0.15) is 0 Å². The molecule has 0 heterocycles. The average Bonchev–Trinajstić information content (AvgIpc) is 3.31. The molecule has 1 saturated carbocycles. The smallest absolute Gasteiger partial charge is 0.122 e. The third-order valence-electron chi connectivity index (χ3n) is 4.52. The molecule has 2 aromatic carbocycles. The molecule has 3 heteroatoms. The summed E-state index contributed by atoms with van der Waals surface area (Å²) in [6.45, 7) is 4.72. The molecular weight excluding hydrogens is 288 g/mol. The molecule has 1 fully saturated rings. The Bertz CT molecular complexity index is 644. The van der Waals surface area contributed by atoms with E-state index >= 15 is 0 Å². The second kappa shape index (κ2) is 6.63. The van der Waals surface area contributed by atoms with Crippen molar-refractivity contribution in [2.24, 2.45) is 0 Å². The number of hydrogen-bond donors (Lipinski definition) is 1. The molecule has 1 unspecified atom stereocenters. The van der Waals surface area contributed by atoms with Gasteiger partial charge in [-0.15, -0.1) is 0 Å².